The van der Waals surface area contributed by atoms with Crippen molar-refractivity contribution in [3.05, 3.63) is 23.9 Å². The molecule has 0 spiro atoms. The zero-order valence-corrected chi connectivity index (χ0v) is 18.5. The maximum Gasteiger partial charge on any atom is 0.213 e. The highest BCUT2D eigenvalue weighted by Crippen LogP contribution is 2.26. The summed E-state index contributed by atoms with van der Waals surface area (Å²) < 4.78 is 11.4. The molecule has 7 heteroatoms. The molecule has 0 bridgehead atoms. The largest absolute Gasteiger partial charge is 0.474 e. The number of rotatable bonds is 8. The lowest BCUT2D eigenvalue weighted by atomic mass is 9.89. The van der Waals surface area contributed by atoms with Crippen molar-refractivity contribution in [2.75, 3.05) is 26.8 Å². The Balaban J connectivity index is 0.00000338. The van der Waals surface area contributed by atoms with Crippen LogP contribution in [0.1, 0.15) is 45.1 Å². The number of hydrogen-bond donors (Lipinski definition) is 2. The maximum absolute atomic E-state index is 6.07. The Hall–Kier alpha value is -1.09. The molecule has 1 aromatic rings. The van der Waals surface area contributed by atoms with E-state index in [1.165, 1.54) is 12.8 Å². The Labute approximate surface area is 174 Å². The van der Waals surface area contributed by atoms with Gasteiger partial charge in [0.15, 0.2) is 5.96 Å². The predicted molar refractivity (Wildman–Crippen MR) is 116 cm³/mol. The number of nitrogens with zero attached hydrogens (tertiary/aromatic N) is 2. The molecular weight excluding hydrogens is 443 g/mol. The van der Waals surface area contributed by atoms with Gasteiger partial charge in [0, 0.05) is 39.0 Å². The van der Waals surface area contributed by atoms with Gasteiger partial charge in [-0.05, 0) is 50.2 Å². The molecule has 1 aromatic heterocycles. The van der Waals surface area contributed by atoms with Gasteiger partial charge in [0.25, 0.3) is 0 Å². The summed E-state index contributed by atoms with van der Waals surface area (Å²) in [6.07, 6.45) is 6.86. The van der Waals surface area contributed by atoms with E-state index < -0.39 is 0 Å². The van der Waals surface area contributed by atoms with Crippen molar-refractivity contribution in [2.24, 2.45) is 10.9 Å². The number of nitrogens with one attached hydrogen (secondary N) is 2. The summed E-state index contributed by atoms with van der Waals surface area (Å²) in [5.41, 5.74) is 1.13. The van der Waals surface area contributed by atoms with E-state index in [2.05, 4.69) is 27.5 Å². The van der Waals surface area contributed by atoms with E-state index in [9.17, 15) is 0 Å². The lowest BCUT2D eigenvalue weighted by molar-refractivity contribution is 0.130. The molecule has 0 saturated heterocycles. The predicted octanol–water partition coefficient (Wildman–Crippen LogP) is 3.36. The van der Waals surface area contributed by atoms with E-state index in [4.69, 9.17) is 9.47 Å². The van der Waals surface area contributed by atoms with E-state index in [1.54, 1.807) is 7.05 Å². The third-order valence-corrected chi connectivity index (χ3v) is 4.48. The Morgan fingerprint density at radius 2 is 2.04 bits per heavy atom. The van der Waals surface area contributed by atoms with E-state index >= 15 is 0 Å². The van der Waals surface area contributed by atoms with Gasteiger partial charge in [-0.2, -0.15) is 0 Å². The van der Waals surface area contributed by atoms with Crippen LogP contribution in [0.5, 0.6) is 5.88 Å². The van der Waals surface area contributed by atoms with Gasteiger partial charge in [-0.15, -0.1) is 24.0 Å². The van der Waals surface area contributed by atoms with Crippen molar-refractivity contribution in [1.82, 2.24) is 15.6 Å². The molecule has 6 nitrogen and oxygen atoms in total. The summed E-state index contributed by atoms with van der Waals surface area (Å²) in [4.78, 5) is 8.57. The van der Waals surface area contributed by atoms with Crippen molar-refractivity contribution in [2.45, 2.75) is 52.2 Å². The molecule has 148 valence electrons. The minimum Gasteiger partial charge on any atom is -0.474 e. The van der Waals surface area contributed by atoms with Crippen LogP contribution in [0.2, 0.25) is 0 Å². The van der Waals surface area contributed by atoms with Gasteiger partial charge in [-0.25, -0.2) is 4.98 Å². The number of aliphatic imine (C=N–C) groups is 1. The lowest BCUT2D eigenvalue weighted by Gasteiger charge is -2.26. The molecule has 0 unspecified atom stereocenters. The van der Waals surface area contributed by atoms with Gasteiger partial charge < -0.3 is 20.1 Å². The van der Waals surface area contributed by atoms with Crippen molar-refractivity contribution >= 4 is 29.9 Å². The van der Waals surface area contributed by atoms with Crippen LogP contribution in [0.25, 0.3) is 0 Å². The average molecular weight is 476 g/mol. The first-order chi connectivity index (χ1) is 12.2. The number of aromatic nitrogens is 1. The fourth-order valence-corrected chi connectivity index (χ4v) is 2.94. The summed E-state index contributed by atoms with van der Waals surface area (Å²) in [7, 11) is 1.77. The molecule has 0 atom stereocenters. The van der Waals surface area contributed by atoms with Crippen molar-refractivity contribution in [1.29, 1.82) is 0 Å². The second-order valence-corrected chi connectivity index (χ2v) is 6.55. The van der Waals surface area contributed by atoms with Gasteiger partial charge in [-0.3, -0.25) is 4.99 Å². The Morgan fingerprint density at radius 1 is 1.27 bits per heavy atom. The Morgan fingerprint density at radius 3 is 2.73 bits per heavy atom. The summed E-state index contributed by atoms with van der Waals surface area (Å²) >= 11 is 0. The summed E-state index contributed by atoms with van der Waals surface area (Å²) in [5.74, 6) is 2.31. The molecule has 2 rings (SSSR count). The molecule has 1 saturated carbocycles. The quantitative estimate of drug-likeness (QED) is 0.261. The molecule has 26 heavy (non-hydrogen) atoms. The summed E-state index contributed by atoms with van der Waals surface area (Å²) in [5, 5.41) is 6.53. The van der Waals surface area contributed by atoms with Crippen LogP contribution in [0.3, 0.4) is 0 Å². The number of halogens is 1. The minimum atomic E-state index is 0. The summed E-state index contributed by atoms with van der Waals surface area (Å²) in [6.45, 7) is 7.12. The van der Waals surface area contributed by atoms with Gasteiger partial charge in [0.2, 0.25) is 5.88 Å². The Bertz CT molecular complexity index is 534. The third-order valence-electron chi connectivity index (χ3n) is 4.48. The molecule has 0 aliphatic heterocycles. The first-order valence-electron chi connectivity index (χ1n) is 9.35. The third kappa shape index (κ3) is 8.53. The van der Waals surface area contributed by atoms with Gasteiger partial charge in [0.1, 0.15) is 6.10 Å². The second kappa shape index (κ2) is 13.1. The molecule has 0 aromatic carbocycles. The van der Waals surface area contributed by atoms with Crippen LogP contribution in [-0.4, -0.2) is 43.9 Å². The van der Waals surface area contributed by atoms with Crippen LogP contribution < -0.4 is 15.4 Å². The summed E-state index contributed by atoms with van der Waals surface area (Å²) in [6, 6.07) is 4.01. The number of hydrogen-bond acceptors (Lipinski definition) is 4. The highest BCUT2D eigenvalue weighted by atomic mass is 127. The van der Waals surface area contributed by atoms with E-state index in [0.29, 0.717) is 19.3 Å². The minimum absolute atomic E-state index is 0. The molecule has 1 fully saturated rings. The first-order valence-corrected chi connectivity index (χ1v) is 9.35. The molecule has 2 N–H and O–H groups in total. The zero-order chi connectivity index (χ0) is 17.9. The molecule has 1 aliphatic carbocycles. The number of pyridine rings is 1. The first kappa shape index (κ1) is 23.0. The Kier molecular flexibility index (Phi) is 11.6. The van der Waals surface area contributed by atoms with Gasteiger partial charge >= 0.3 is 0 Å². The normalized spacial score (nSPS) is 20.2. The fraction of sp³-hybridized carbons (Fsp3) is 0.684. The molecule has 1 heterocycles. The van der Waals surface area contributed by atoms with Gasteiger partial charge in [-0.1, -0.05) is 6.92 Å². The van der Waals surface area contributed by atoms with Crippen molar-refractivity contribution < 1.29 is 9.47 Å². The topological polar surface area (TPSA) is 67.8 Å². The molecule has 0 amide bonds. The standard InChI is InChI=1S/C19H32N4O2.HI/c1-4-24-12-11-22-19(20-3)23-14-16-9-10-21-18(13-16)25-17-7-5-15(2)6-8-17;/h9-10,13,15,17H,4-8,11-12,14H2,1-3H3,(H2,20,22,23);1H. The van der Waals surface area contributed by atoms with Crippen LogP contribution in [-0.2, 0) is 11.3 Å². The maximum atomic E-state index is 6.07. The molecular formula is C19H33IN4O2. The van der Waals surface area contributed by atoms with Crippen LogP contribution >= 0.6 is 24.0 Å². The smallest absolute Gasteiger partial charge is 0.213 e. The van der Waals surface area contributed by atoms with E-state index in [0.717, 1.165) is 49.3 Å². The lowest BCUT2D eigenvalue weighted by Crippen LogP contribution is -2.38. The number of ether oxygens (including phenoxy) is 2. The second-order valence-electron chi connectivity index (χ2n) is 6.55. The van der Waals surface area contributed by atoms with Crippen molar-refractivity contribution in [3.8, 4) is 5.88 Å². The highest BCUT2D eigenvalue weighted by molar-refractivity contribution is 14.0. The molecule has 1 aliphatic rings. The fourth-order valence-electron chi connectivity index (χ4n) is 2.94. The van der Waals surface area contributed by atoms with Crippen molar-refractivity contribution in [3.63, 3.8) is 0 Å². The van der Waals surface area contributed by atoms with E-state index in [-0.39, 0.29) is 24.0 Å². The molecule has 0 radical (unpaired) electrons. The highest BCUT2D eigenvalue weighted by Gasteiger charge is 2.19. The number of guanidine groups is 1. The van der Waals surface area contributed by atoms with Crippen LogP contribution in [0, 0.1) is 5.92 Å². The average Bonchev–Trinajstić information content (AvgIpc) is 2.63. The van der Waals surface area contributed by atoms with Crippen LogP contribution in [0.15, 0.2) is 23.3 Å². The van der Waals surface area contributed by atoms with E-state index in [1.807, 2.05) is 25.3 Å². The van der Waals surface area contributed by atoms with Gasteiger partial charge in [0.05, 0.1) is 6.61 Å². The zero-order valence-electron chi connectivity index (χ0n) is 16.2. The SMILES string of the molecule is CCOCCNC(=NC)NCc1ccnc(OC2CCC(C)CC2)c1.I. The monoisotopic (exact) mass is 476 g/mol. The van der Waals surface area contributed by atoms with Crippen LogP contribution in [0.4, 0.5) is 0 Å².